The third-order valence-electron chi connectivity index (χ3n) is 2.69. The molecule has 0 amide bonds. The van der Waals surface area contributed by atoms with E-state index in [0.717, 1.165) is 29.1 Å². The molecule has 4 heteroatoms. The highest BCUT2D eigenvalue weighted by atomic mass is 16.5. The number of benzene rings is 1. The molecule has 0 spiro atoms. The van der Waals surface area contributed by atoms with Crippen LogP contribution in [0.1, 0.15) is 18.4 Å². The molecule has 0 unspecified atom stereocenters. The topological polar surface area (TPSA) is 58.1 Å². The maximum Gasteiger partial charge on any atom is 0.132 e. The zero-order chi connectivity index (χ0) is 12.3. The van der Waals surface area contributed by atoms with E-state index in [1.165, 1.54) is 0 Å². The Morgan fingerprint density at radius 2 is 2.12 bits per heavy atom. The SMILES string of the molecule is CCc1[nH]c(CO)nc1-c1ccccc1OC. The average Bonchev–Trinajstić information content (AvgIpc) is 2.81. The van der Waals surface area contributed by atoms with Gasteiger partial charge in [0.25, 0.3) is 0 Å². The number of imidazole rings is 1. The van der Waals surface area contributed by atoms with E-state index in [-0.39, 0.29) is 6.61 Å². The molecule has 0 bridgehead atoms. The number of rotatable bonds is 4. The lowest BCUT2D eigenvalue weighted by molar-refractivity contribution is 0.272. The van der Waals surface area contributed by atoms with E-state index < -0.39 is 0 Å². The number of nitrogens with one attached hydrogen (secondary N) is 1. The molecular weight excluding hydrogens is 216 g/mol. The second kappa shape index (κ2) is 5.01. The van der Waals surface area contributed by atoms with Gasteiger partial charge in [-0.05, 0) is 18.6 Å². The predicted molar refractivity (Wildman–Crippen MR) is 65.9 cm³/mol. The smallest absolute Gasteiger partial charge is 0.132 e. The van der Waals surface area contributed by atoms with Crippen LogP contribution in [-0.2, 0) is 13.0 Å². The number of hydrogen-bond acceptors (Lipinski definition) is 3. The van der Waals surface area contributed by atoms with Crippen LogP contribution >= 0.6 is 0 Å². The lowest BCUT2D eigenvalue weighted by Crippen LogP contribution is -1.90. The van der Waals surface area contributed by atoms with Crippen LogP contribution < -0.4 is 4.74 Å². The Balaban J connectivity index is 2.54. The van der Waals surface area contributed by atoms with Crippen molar-refractivity contribution in [3.63, 3.8) is 0 Å². The number of aromatic amines is 1. The third kappa shape index (κ3) is 2.17. The van der Waals surface area contributed by atoms with Crippen molar-refractivity contribution < 1.29 is 9.84 Å². The van der Waals surface area contributed by atoms with Gasteiger partial charge in [0.15, 0.2) is 0 Å². The molecule has 0 radical (unpaired) electrons. The van der Waals surface area contributed by atoms with Gasteiger partial charge >= 0.3 is 0 Å². The van der Waals surface area contributed by atoms with Crippen molar-refractivity contribution in [2.75, 3.05) is 7.11 Å². The molecule has 1 heterocycles. The van der Waals surface area contributed by atoms with E-state index in [0.29, 0.717) is 5.82 Å². The van der Waals surface area contributed by atoms with Gasteiger partial charge in [0.2, 0.25) is 0 Å². The van der Waals surface area contributed by atoms with E-state index in [1.807, 2.05) is 31.2 Å². The van der Waals surface area contributed by atoms with Gasteiger partial charge in [-0.25, -0.2) is 4.98 Å². The van der Waals surface area contributed by atoms with E-state index in [4.69, 9.17) is 9.84 Å². The molecule has 90 valence electrons. The van der Waals surface area contributed by atoms with Crippen LogP contribution in [0, 0.1) is 0 Å². The molecule has 2 rings (SSSR count). The van der Waals surface area contributed by atoms with Gasteiger partial charge in [0.1, 0.15) is 18.2 Å². The number of aryl methyl sites for hydroxylation is 1. The lowest BCUT2D eigenvalue weighted by atomic mass is 10.1. The molecule has 0 aliphatic rings. The molecule has 17 heavy (non-hydrogen) atoms. The zero-order valence-corrected chi connectivity index (χ0v) is 10.0. The van der Waals surface area contributed by atoms with Crippen LogP contribution in [0.5, 0.6) is 5.75 Å². The summed E-state index contributed by atoms with van der Waals surface area (Å²) in [7, 11) is 1.64. The van der Waals surface area contributed by atoms with Crippen LogP contribution in [0.2, 0.25) is 0 Å². The molecule has 2 N–H and O–H groups in total. The fraction of sp³-hybridized carbons (Fsp3) is 0.308. The van der Waals surface area contributed by atoms with E-state index in [9.17, 15) is 0 Å². The van der Waals surface area contributed by atoms with Gasteiger partial charge in [-0.3, -0.25) is 0 Å². The number of nitrogens with zero attached hydrogens (tertiary/aromatic N) is 1. The molecule has 0 aliphatic carbocycles. The Kier molecular flexibility index (Phi) is 3.44. The maximum absolute atomic E-state index is 9.12. The van der Waals surface area contributed by atoms with Crippen LogP contribution in [-0.4, -0.2) is 22.2 Å². The quantitative estimate of drug-likeness (QED) is 0.849. The molecular formula is C13H16N2O2. The van der Waals surface area contributed by atoms with Gasteiger partial charge in [-0.15, -0.1) is 0 Å². The molecule has 0 aliphatic heterocycles. The first-order chi connectivity index (χ1) is 8.30. The Hall–Kier alpha value is -1.81. The van der Waals surface area contributed by atoms with Crippen molar-refractivity contribution in [1.82, 2.24) is 9.97 Å². The average molecular weight is 232 g/mol. The molecule has 1 aromatic carbocycles. The van der Waals surface area contributed by atoms with Crippen molar-refractivity contribution >= 4 is 0 Å². The summed E-state index contributed by atoms with van der Waals surface area (Å²) in [6.45, 7) is 1.97. The third-order valence-corrected chi connectivity index (χ3v) is 2.69. The second-order valence-corrected chi connectivity index (χ2v) is 3.72. The fourth-order valence-corrected chi connectivity index (χ4v) is 1.86. The standard InChI is InChI=1S/C13H16N2O2/c1-3-10-13(15-12(8-16)14-10)9-6-4-5-7-11(9)17-2/h4-7,16H,3,8H2,1-2H3,(H,14,15). The fourth-order valence-electron chi connectivity index (χ4n) is 1.86. The largest absolute Gasteiger partial charge is 0.496 e. The van der Waals surface area contributed by atoms with Crippen molar-refractivity contribution in [2.24, 2.45) is 0 Å². The molecule has 0 saturated heterocycles. The van der Waals surface area contributed by atoms with Crippen LogP contribution in [0.15, 0.2) is 24.3 Å². The van der Waals surface area contributed by atoms with E-state index in [2.05, 4.69) is 9.97 Å². The van der Waals surface area contributed by atoms with Gasteiger partial charge in [0.05, 0.1) is 12.8 Å². The van der Waals surface area contributed by atoms with E-state index >= 15 is 0 Å². The minimum absolute atomic E-state index is 0.0812. The highest BCUT2D eigenvalue weighted by Gasteiger charge is 2.13. The number of aromatic nitrogens is 2. The van der Waals surface area contributed by atoms with Gasteiger partial charge < -0.3 is 14.8 Å². The molecule has 0 atom stereocenters. The minimum atomic E-state index is -0.0812. The Bertz CT molecular complexity index is 506. The summed E-state index contributed by atoms with van der Waals surface area (Å²) in [5, 5.41) is 9.12. The summed E-state index contributed by atoms with van der Waals surface area (Å²) in [4.78, 5) is 7.51. The predicted octanol–water partition coefficient (Wildman–Crippen LogP) is 2.14. The van der Waals surface area contributed by atoms with Crippen molar-refractivity contribution in [2.45, 2.75) is 20.0 Å². The number of methoxy groups -OCH3 is 1. The molecule has 0 fully saturated rings. The molecule has 4 nitrogen and oxygen atoms in total. The number of H-pyrrole nitrogens is 1. The Morgan fingerprint density at radius 1 is 1.35 bits per heavy atom. The summed E-state index contributed by atoms with van der Waals surface area (Å²) < 4.78 is 5.33. The Morgan fingerprint density at radius 3 is 2.76 bits per heavy atom. The lowest BCUT2D eigenvalue weighted by Gasteiger charge is -2.06. The number of aliphatic hydroxyl groups is 1. The highest BCUT2D eigenvalue weighted by molar-refractivity contribution is 5.69. The zero-order valence-electron chi connectivity index (χ0n) is 10.0. The second-order valence-electron chi connectivity index (χ2n) is 3.72. The van der Waals surface area contributed by atoms with Gasteiger partial charge in [-0.2, -0.15) is 0 Å². The van der Waals surface area contributed by atoms with Crippen LogP contribution in [0.25, 0.3) is 11.3 Å². The molecule has 2 aromatic rings. The normalized spacial score (nSPS) is 10.5. The summed E-state index contributed by atoms with van der Waals surface area (Å²) in [5.41, 5.74) is 2.82. The summed E-state index contributed by atoms with van der Waals surface area (Å²) in [6, 6.07) is 7.75. The molecule has 0 saturated carbocycles. The van der Waals surface area contributed by atoms with Crippen molar-refractivity contribution in [3.05, 3.63) is 35.8 Å². The number of aliphatic hydroxyl groups excluding tert-OH is 1. The first-order valence-electron chi connectivity index (χ1n) is 5.62. The number of para-hydroxylation sites is 1. The summed E-state index contributed by atoms with van der Waals surface area (Å²) in [5.74, 6) is 1.38. The monoisotopic (exact) mass is 232 g/mol. The number of hydrogen-bond donors (Lipinski definition) is 2. The van der Waals surface area contributed by atoms with Gasteiger partial charge in [0, 0.05) is 11.3 Å². The first-order valence-corrected chi connectivity index (χ1v) is 5.62. The minimum Gasteiger partial charge on any atom is -0.496 e. The van der Waals surface area contributed by atoms with Gasteiger partial charge in [-0.1, -0.05) is 19.1 Å². The van der Waals surface area contributed by atoms with Crippen LogP contribution in [0.3, 0.4) is 0 Å². The van der Waals surface area contributed by atoms with Crippen molar-refractivity contribution in [1.29, 1.82) is 0 Å². The highest BCUT2D eigenvalue weighted by Crippen LogP contribution is 2.30. The summed E-state index contributed by atoms with van der Waals surface area (Å²) in [6.07, 6.45) is 0.834. The van der Waals surface area contributed by atoms with E-state index in [1.54, 1.807) is 7.11 Å². The van der Waals surface area contributed by atoms with Crippen molar-refractivity contribution in [3.8, 4) is 17.0 Å². The number of ether oxygens (including phenoxy) is 1. The van der Waals surface area contributed by atoms with Crippen LogP contribution in [0.4, 0.5) is 0 Å². The first kappa shape index (κ1) is 11.7. The Labute approximate surface area is 100 Å². The maximum atomic E-state index is 9.12. The summed E-state index contributed by atoms with van der Waals surface area (Å²) >= 11 is 0. The molecule has 1 aromatic heterocycles.